The van der Waals surface area contributed by atoms with Crippen LogP contribution in [0.3, 0.4) is 0 Å². The van der Waals surface area contributed by atoms with Gasteiger partial charge in [0, 0.05) is 60.8 Å². The topological polar surface area (TPSA) is 265 Å². The number of carbonyl (C=O) groups is 2. The number of anilines is 2. The van der Waals surface area contributed by atoms with Gasteiger partial charge in [-0.05, 0) is 96.8 Å². The van der Waals surface area contributed by atoms with Gasteiger partial charge in [0.2, 0.25) is 23.6 Å². The Bertz CT molecular complexity index is 3660. The van der Waals surface area contributed by atoms with Gasteiger partial charge in [0.15, 0.2) is 0 Å². The standard InChI is InChI=1S/2C26H26ClN5O5S/c2*1-15-5-7-19(27)11-23(15)38(35,36)31-22-10-18(12-29-25(22)37-4)17-6-8-21-20(9-17)26(34)32(14-30-21)13-16(2)24(33)28-3/h2*5-12,14,16,31H,13H2,1-4H3,(H,28,33)/t2*16-/m10/s1. The van der Waals surface area contributed by atoms with E-state index >= 15 is 0 Å². The molecule has 4 aromatic carbocycles. The summed E-state index contributed by atoms with van der Waals surface area (Å²) in [5.74, 6) is -1.07. The normalized spacial score (nSPS) is 12.2. The summed E-state index contributed by atoms with van der Waals surface area (Å²) in [5, 5.41) is 6.42. The second kappa shape index (κ2) is 23.3. The summed E-state index contributed by atoms with van der Waals surface area (Å²) in [5.41, 5.74) is 3.97. The molecule has 0 aliphatic carbocycles. The fraction of sp³-hybridized carbons (Fsp3) is 0.231. The second-order valence-electron chi connectivity index (χ2n) is 17.5. The minimum absolute atomic E-state index is 0.0285. The van der Waals surface area contributed by atoms with Crippen LogP contribution in [0.15, 0.2) is 129 Å². The average Bonchev–Trinajstić information content (AvgIpc) is 3.41. The molecule has 0 fully saturated rings. The lowest BCUT2D eigenvalue weighted by molar-refractivity contribution is -0.125. The van der Waals surface area contributed by atoms with Crippen molar-refractivity contribution in [3.8, 4) is 34.0 Å². The molecule has 0 saturated heterocycles. The Hall–Kier alpha value is -7.92. The number of carbonyl (C=O) groups excluding carboxylic acids is 2. The van der Waals surface area contributed by atoms with Gasteiger partial charge < -0.3 is 20.1 Å². The van der Waals surface area contributed by atoms with Crippen LogP contribution in [0.1, 0.15) is 25.0 Å². The predicted octanol–water partition coefficient (Wildman–Crippen LogP) is 7.22. The number of hydrogen-bond donors (Lipinski definition) is 4. The highest BCUT2D eigenvalue weighted by atomic mass is 35.5. The van der Waals surface area contributed by atoms with E-state index in [0.717, 1.165) is 0 Å². The summed E-state index contributed by atoms with van der Waals surface area (Å²) in [7, 11) is -2.18. The summed E-state index contributed by atoms with van der Waals surface area (Å²) in [6, 6.07) is 22.6. The van der Waals surface area contributed by atoms with Gasteiger partial charge in [0.05, 0.1) is 70.3 Å². The van der Waals surface area contributed by atoms with Gasteiger partial charge in [-0.15, -0.1) is 0 Å². The van der Waals surface area contributed by atoms with Crippen LogP contribution in [-0.4, -0.2) is 86.0 Å². The maximum atomic E-state index is 13.2. The number of nitrogens with one attached hydrogen (secondary N) is 4. The van der Waals surface area contributed by atoms with Crippen molar-refractivity contribution in [1.29, 1.82) is 0 Å². The number of rotatable bonds is 16. The second-order valence-corrected chi connectivity index (χ2v) is 21.7. The molecule has 0 saturated carbocycles. The molecule has 4 heterocycles. The summed E-state index contributed by atoms with van der Waals surface area (Å²) in [6.45, 7) is 7.13. The van der Waals surface area contributed by atoms with Crippen molar-refractivity contribution in [3.05, 3.63) is 152 Å². The van der Waals surface area contributed by atoms with Gasteiger partial charge in [-0.2, -0.15) is 0 Å². The summed E-state index contributed by atoms with van der Waals surface area (Å²) < 4.78 is 71.1. The quantitative estimate of drug-likeness (QED) is 0.0744. The number of pyridine rings is 2. The molecule has 0 unspecified atom stereocenters. The third-order valence-electron chi connectivity index (χ3n) is 12.1. The number of nitrogens with zero attached hydrogens (tertiary/aromatic N) is 6. The number of ether oxygens (including phenoxy) is 2. The molecular weight excluding hydrogens is 1060 g/mol. The molecule has 24 heteroatoms. The molecule has 0 aliphatic rings. The largest absolute Gasteiger partial charge is 0.480 e. The minimum atomic E-state index is -4.02. The Kier molecular flexibility index (Phi) is 17.1. The van der Waals surface area contributed by atoms with Gasteiger partial charge in [-0.3, -0.25) is 37.8 Å². The Morgan fingerprint density at radius 3 is 1.30 bits per heavy atom. The van der Waals surface area contributed by atoms with Crippen molar-refractivity contribution >= 4 is 88.2 Å². The Labute approximate surface area is 447 Å². The molecule has 2 amide bonds. The first kappa shape index (κ1) is 55.8. The lowest BCUT2D eigenvalue weighted by atomic mass is 10.0. The van der Waals surface area contributed by atoms with Crippen LogP contribution >= 0.6 is 23.2 Å². The van der Waals surface area contributed by atoms with E-state index in [0.29, 0.717) is 55.2 Å². The van der Waals surface area contributed by atoms with E-state index in [2.05, 4.69) is 40.0 Å². The Morgan fingerprint density at radius 2 is 0.947 bits per heavy atom. The Morgan fingerprint density at radius 1 is 0.566 bits per heavy atom. The number of aromatic nitrogens is 6. The fourth-order valence-corrected chi connectivity index (χ4v) is 11.1. The van der Waals surface area contributed by atoms with Crippen LogP contribution in [-0.2, 0) is 42.7 Å². The van der Waals surface area contributed by atoms with Gasteiger partial charge in [0.1, 0.15) is 11.4 Å². The van der Waals surface area contributed by atoms with Crippen molar-refractivity contribution in [1.82, 2.24) is 39.7 Å². The highest BCUT2D eigenvalue weighted by molar-refractivity contribution is 7.93. The number of amides is 2. The highest BCUT2D eigenvalue weighted by Crippen LogP contribution is 2.34. The molecule has 0 bridgehead atoms. The van der Waals surface area contributed by atoms with E-state index in [1.165, 1.54) is 60.5 Å². The molecule has 0 radical (unpaired) electrons. The molecular formula is C52H52Cl2N10O10S2. The van der Waals surface area contributed by atoms with E-state index in [9.17, 15) is 36.0 Å². The maximum absolute atomic E-state index is 13.2. The SMILES string of the molecule is CNC(=O)[C@@H](C)Cn1cnc2ccc(-c3cnc(OC)c(NS(=O)(=O)c4cc(Cl)ccc4C)c3)cc2c1=O.CNC(=O)[C@H](C)Cn1cnc2ccc(-c3cnc(OC)c(NS(=O)(=O)c4cc(Cl)ccc4C)c3)cc2c1=O. The molecule has 8 rings (SSSR count). The molecule has 8 aromatic rings. The number of fused-ring (bicyclic) bond motifs is 2. The average molecular weight is 1110 g/mol. The van der Waals surface area contributed by atoms with Crippen LogP contribution in [0.2, 0.25) is 10.0 Å². The first-order chi connectivity index (χ1) is 36.1. The third kappa shape index (κ3) is 12.4. The minimum Gasteiger partial charge on any atom is -0.480 e. The number of halogens is 2. The van der Waals surface area contributed by atoms with E-state index < -0.39 is 31.9 Å². The van der Waals surface area contributed by atoms with Gasteiger partial charge in [-0.1, -0.05) is 61.3 Å². The van der Waals surface area contributed by atoms with E-state index in [1.54, 1.807) is 115 Å². The molecule has 20 nitrogen and oxygen atoms in total. The smallest absolute Gasteiger partial charge is 0.262 e. The van der Waals surface area contributed by atoms with Crippen molar-refractivity contribution < 1.29 is 35.9 Å². The first-order valence-electron chi connectivity index (χ1n) is 23.2. The molecule has 4 aromatic heterocycles. The third-order valence-corrected chi connectivity index (χ3v) is 15.6. The van der Waals surface area contributed by atoms with Gasteiger partial charge >= 0.3 is 0 Å². The highest BCUT2D eigenvalue weighted by Gasteiger charge is 2.24. The number of aryl methyl sites for hydroxylation is 2. The van der Waals surface area contributed by atoms with Crippen LogP contribution in [0.25, 0.3) is 44.1 Å². The summed E-state index contributed by atoms with van der Waals surface area (Å²) >= 11 is 12.1. The van der Waals surface area contributed by atoms with Crippen LogP contribution < -0.4 is 40.7 Å². The summed E-state index contributed by atoms with van der Waals surface area (Å²) in [6.07, 6.45) is 5.88. The number of hydrogen-bond acceptors (Lipinski definition) is 14. The molecule has 0 aliphatic heterocycles. The van der Waals surface area contributed by atoms with Crippen molar-refractivity contribution in [2.24, 2.45) is 11.8 Å². The molecule has 2 atom stereocenters. The van der Waals surface area contributed by atoms with E-state index in [-0.39, 0.29) is 79.0 Å². The van der Waals surface area contributed by atoms with E-state index in [4.69, 9.17) is 32.7 Å². The number of methoxy groups -OCH3 is 2. The molecule has 396 valence electrons. The molecule has 0 spiro atoms. The number of benzene rings is 4. The Balaban J connectivity index is 0.000000221. The lowest BCUT2D eigenvalue weighted by Crippen LogP contribution is -2.32. The fourth-order valence-electron chi connectivity index (χ4n) is 8.00. The van der Waals surface area contributed by atoms with Crippen molar-refractivity contribution in [2.45, 2.75) is 50.6 Å². The van der Waals surface area contributed by atoms with Gasteiger partial charge in [0.25, 0.3) is 31.2 Å². The van der Waals surface area contributed by atoms with Crippen molar-refractivity contribution in [2.75, 3.05) is 37.8 Å². The first-order valence-corrected chi connectivity index (χ1v) is 26.9. The zero-order chi connectivity index (χ0) is 55.2. The van der Waals surface area contributed by atoms with Crippen LogP contribution in [0.5, 0.6) is 11.8 Å². The zero-order valence-corrected chi connectivity index (χ0v) is 45.4. The number of sulfonamides is 2. The maximum Gasteiger partial charge on any atom is 0.262 e. The van der Waals surface area contributed by atoms with Crippen LogP contribution in [0.4, 0.5) is 11.4 Å². The monoisotopic (exact) mass is 1110 g/mol. The zero-order valence-electron chi connectivity index (χ0n) is 42.3. The van der Waals surface area contributed by atoms with Crippen LogP contribution in [0, 0.1) is 25.7 Å². The molecule has 4 N–H and O–H groups in total. The van der Waals surface area contributed by atoms with Gasteiger partial charge in [-0.25, -0.2) is 36.8 Å². The predicted molar refractivity (Wildman–Crippen MR) is 292 cm³/mol. The lowest BCUT2D eigenvalue weighted by Gasteiger charge is -2.15. The summed E-state index contributed by atoms with van der Waals surface area (Å²) in [4.78, 5) is 67.5. The van der Waals surface area contributed by atoms with Crippen molar-refractivity contribution in [3.63, 3.8) is 0 Å². The van der Waals surface area contributed by atoms with E-state index in [1.807, 2.05) is 0 Å². The molecule has 76 heavy (non-hydrogen) atoms.